The summed E-state index contributed by atoms with van der Waals surface area (Å²) >= 11 is 0. The van der Waals surface area contributed by atoms with Gasteiger partial charge in [0, 0.05) is 26.1 Å². The Hall–Kier alpha value is -3.85. The van der Waals surface area contributed by atoms with Crippen LogP contribution in [-0.2, 0) is 32.6 Å². The third kappa shape index (κ3) is 7.57. The number of amides is 2. The van der Waals surface area contributed by atoms with Gasteiger partial charge in [-0.15, -0.1) is 0 Å². The second-order valence-electron chi connectivity index (χ2n) is 8.80. The van der Waals surface area contributed by atoms with Crippen LogP contribution >= 0.6 is 0 Å². The first-order valence-electron chi connectivity index (χ1n) is 11.8. The maximum Gasteiger partial charge on any atom is 0.244 e. The molecule has 0 bridgehead atoms. The van der Waals surface area contributed by atoms with Crippen LogP contribution in [-0.4, -0.2) is 58.1 Å². The molecule has 37 heavy (non-hydrogen) atoms. The minimum Gasteiger partial charge on any atom is -0.497 e. The zero-order valence-electron chi connectivity index (χ0n) is 21.5. The summed E-state index contributed by atoms with van der Waals surface area (Å²) in [6.07, 6.45) is 1.32. The minimum atomic E-state index is -3.83. The Balaban J connectivity index is 2.02. The third-order valence-electron chi connectivity index (χ3n) is 6.01. The molecule has 9 heteroatoms. The van der Waals surface area contributed by atoms with Crippen molar-refractivity contribution < 1.29 is 22.7 Å². The fraction of sp³-hybridized carbons (Fsp3) is 0.286. The monoisotopic (exact) mass is 523 g/mol. The average Bonchev–Trinajstić information content (AvgIpc) is 2.89. The van der Waals surface area contributed by atoms with E-state index in [1.807, 2.05) is 61.5 Å². The van der Waals surface area contributed by atoms with E-state index < -0.39 is 28.5 Å². The van der Waals surface area contributed by atoms with E-state index in [1.165, 1.54) is 19.1 Å². The van der Waals surface area contributed by atoms with Gasteiger partial charge in [-0.25, -0.2) is 8.42 Å². The molecule has 0 unspecified atom stereocenters. The lowest BCUT2D eigenvalue weighted by Gasteiger charge is -2.33. The summed E-state index contributed by atoms with van der Waals surface area (Å²) in [6, 6.07) is 22.7. The summed E-state index contributed by atoms with van der Waals surface area (Å²) in [5.74, 6) is -0.377. The molecule has 0 fully saturated rings. The Bertz CT molecular complexity index is 1310. The highest BCUT2D eigenvalue weighted by Crippen LogP contribution is 2.24. The number of benzene rings is 3. The molecular weight excluding hydrogens is 490 g/mol. The lowest BCUT2D eigenvalue weighted by Crippen LogP contribution is -2.52. The number of sulfonamides is 1. The molecule has 0 aliphatic rings. The predicted molar refractivity (Wildman–Crippen MR) is 145 cm³/mol. The number of carbonyl (C=O) groups excluding carboxylic acids is 2. The highest BCUT2D eigenvalue weighted by atomic mass is 32.2. The number of nitrogens with one attached hydrogen (secondary N) is 1. The standard InChI is InChI=1S/C28H33N3O5S/c1-21-13-15-23(16-14-21)19-30(26(28(33)29-2)17-22-9-6-5-7-10-22)27(32)20-31(37(4,34)35)24-11-8-12-25(18-24)36-3/h5-16,18,26H,17,19-20H2,1-4H3,(H,29,33)/t26-/m0/s1. The zero-order chi connectivity index (χ0) is 27.0. The topological polar surface area (TPSA) is 96.0 Å². The van der Waals surface area contributed by atoms with Gasteiger partial charge in [0.05, 0.1) is 19.1 Å². The Morgan fingerprint density at radius 1 is 0.946 bits per heavy atom. The summed E-state index contributed by atoms with van der Waals surface area (Å²) in [6.45, 7) is 1.63. The van der Waals surface area contributed by atoms with Gasteiger partial charge in [0.2, 0.25) is 21.8 Å². The van der Waals surface area contributed by atoms with Gasteiger partial charge in [-0.1, -0.05) is 66.2 Å². The number of methoxy groups -OCH3 is 1. The van der Waals surface area contributed by atoms with Crippen molar-refractivity contribution in [3.8, 4) is 5.75 Å². The van der Waals surface area contributed by atoms with Crippen LogP contribution in [0, 0.1) is 6.92 Å². The summed E-state index contributed by atoms with van der Waals surface area (Å²) in [4.78, 5) is 28.4. The number of ether oxygens (including phenoxy) is 1. The van der Waals surface area contributed by atoms with Crippen LogP contribution in [0.4, 0.5) is 5.69 Å². The number of aryl methyl sites for hydroxylation is 1. The number of anilines is 1. The van der Waals surface area contributed by atoms with Crippen molar-refractivity contribution in [3.05, 3.63) is 95.6 Å². The van der Waals surface area contributed by atoms with E-state index in [9.17, 15) is 18.0 Å². The molecule has 0 spiro atoms. The molecule has 0 saturated carbocycles. The molecule has 1 N–H and O–H groups in total. The molecule has 3 rings (SSSR count). The van der Waals surface area contributed by atoms with Crippen LogP contribution in [0.3, 0.4) is 0 Å². The number of likely N-dealkylation sites (N-methyl/N-ethyl adjacent to an activating group) is 1. The molecule has 0 aliphatic carbocycles. The van der Waals surface area contributed by atoms with Gasteiger partial charge in [-0.3, -0.25) is 13.9 Å². The Morgan fingerprint density at radius 3 is 2.22 bits per heavy atom. The fourth-order valence-corrected chi connectivity index (χ4v) is 4.83. The van der Waals surface area contributed by atoms with Crippen molar-refractivity contribution in [1.29, 1.82) is 0 Å². The summed E-state index contributed by atoms with van der Waals surface area (Å²) in [5.41, 5.74) is 3.07. The molecule has 0 aromatic heterocycles. The van der Waals surface area contributed by atoms with Crippen LogP contribution in [0.5, 0.6) is 5.75 Å². The van der Waals surface area contributed by atoms with Crippen molar-refractivity contribution in [1.82, 2.24) is 10.2 Å². The van der Waals surface area contributed by atoms with Crippen molar-refractivity contribution in [2.24, 2.45) is 0 Å². The van der Waals surface area contributed by atoms with Crippen molar-refractivity contribution >= 4 is 27.5 Å². The number of nitrogens with zero attached hydrogens (tertiary/aromatic N) is 2. The van der Waals surface area contributed by atoms with Gasteiger partial charge in [0.25, 0.3) is 0 Å². The van der Waals surface area contributed by atoms with Gasteiger partial charge in [-0.2, -0.15) is 0 Å². The van der Waals surface area contributed by atoms with E-state index in [0.717, 1.165) is 27.3 Å². The molecular formula is C28H33N3O5S. The molecule has 3 aromatic rings. The lowest BCUT2D eigenvalue weighted by molar-refractivity contribution is -0.139. The molecule has 0 aliphatic heterocycles. The number of hydrogen-bond donors (Lipinski definition) is 1. The third-order valence-corrected chi connectivity index (χ3v) is 7.15. The Labute approximate surface area is 218 Å². The Kier molecular flexibility index (Phi) is 9.30. The van der Waals surface area contributed by atoms with Gasteiger partial charge in [0.1, 0.15) is 18.3 Å². The van der Waals surface area contributed by atoms with E-state index in [1.54, 1.807) is 24.3 Å². The van der Waals surface area contributed by atoms with E-state index >= 15 is 0 Å². The first-order valence-corrected chi connectivity index (χ1v) is 13.7. The summed E-state index contributed by atoms with van der Waals surface area (Å²) < 4.78 is 31.8. The van der Waals surface area contributed by atoms with E-state index in [-0.39, 0.29) is 18.9 Å². The number of rotatable bonds is 11. The van der Waals surface area contributed by atoms with E-state index in [0.29, 0.717) is 11.4 Å². The lowest BCUT2D eigenvalue weighted by atomic mass is 10.0. The highest BCUT2D eigenvalue weighted by molar-refractivity contribution is 7.92. The van der Waals surface area contributed by atoms with Crippen LogP contribution in [0.15, 0.2) is 78.9 Å². The van der Waals surface area contributed by atoms with Crippen molar-refractivity contribution in [2.75, 3.05) is 31.3 Å². The molecule has 196 valence electrons. The van der Waals surface area contributed by atoms with E-state index in [2.05, 4.69) is 5.32 Å². The zero-order valence-corrected chi connectivity index (χ0v) is 22.4. The first kappa shape index (κ1) is 27.7. The molecule has 1 atom stereocenters. The van der Waals surface area contributed by atoms with E-state index in [4.69, 9.17) is 4.74 Å². The first-order chi connectivity index (χ1) is 17.6. The van der Waals surface area contributed by atoms with Crippen molar-refractivity contribution in [2.45, 2.75) is 25.9 Å². The van der Waals surface area contributed by atoms with Gasteiger partial charge in [0.15, 0.2) is 0 Å². The highest BCUT2D eigenvalue weighted by Gasteiger charge is 2.32. The Morgan fingerprint density at radius 2 is 1.62 bits per heavy atom. The van der Waals surface area contributed by atoms with Gasteiger partial charge < -0.3 is 15.0 Å². The molecule has 8 nitrogen and oxygen atoms in total. The van der Waals surface area contributed by atoms with Gasteiger partial charge >= 0.3 is 0 Å². The fourth-order valence-electron chi connectivity index (χ4n) is 3.99. The van der Waals surface area contributed by atoms with Crippen LogP contribution in [0.2, 0.25) is 0 Å². The normalized spacial score (nSPS) is 11.9. The molecule has 2 amide bonds. The molecule has 0 saturated heterocycles. The predicted octanol–water partition coefficient (Wildman–Crippen LogP) is 3.16. The maximum absolute atomic E-state index is 13.9. The number of hydrogen-bond acceptors (Lipinski definition) is 5. The second kappa shape index (κ2) is 12.4. The van der Waals surface area contributed by atoms with Crippen LogP contribution < -0.4 is 14.4 Å². The van der Waals surface area contributed by atoms with Gasteiger partial charge in [-0.05, 0) is 30.2 Å². The number of carbonyl (C=O) groups is 2. The largest absolute Gasteiger partial charge is 0.497 e. The average molecular weight is 524 g/mol. The molecule has 0 heterocycles. The smallest absolute Gasteiger partial charge is 0.244 e. The maximum atomic E-state index is 13.9. The van der Waals surface area contributed by atoms with Crippen molar-refractivity contribution in [3.63, 3.8) is 0 Å². The van der Waals surface area contributed by atoms with Crippen LogP contribution in [0.1, 0.15) is 16.7 Å². The second-order valence-corrected chi connectivity index (χ2v) is 10.7. The summed E-state index contributed by atoms with van der Waals surface area (Å²) in [7, 11) is -0.827. The molecule has 0 radical (unpaired) electrons. The summed E-state index contributed by atoms with van der Waals surface area (Å²) in [5, 5.41) is 2.66. The molecule has 3 aromatic carbocycles. The SMILES string of the molecule is CNC(=O)[C@H](Cc1ccccc1)N(Cc1ccc(C)cc1)C(=O)CN(c1cccc(OC)c1)S(C)(=O)=O. The van der Waals surface area contributed by atoms with Crippen LogP contribution in [0.25, 0.3) is 0 Å². The minimum absolute atomic E-state index is 0.139. The quantitative estimate of drug-likeness (QED) is 0.417.